The highest BCUT2D eigenvalue weighted by molar-refractivity contribution is 5.82. The molecule has 0 aliphatic carbocycles. The zero-order valence-corrected chi connectivity index (χ0v) is 11.2. The van der Waals surface area contributed by atoms with E-state index in [-0.39, 0.29) is 11.9 Å². The molecule has 0 saturated carbocycles. The van der Waals surface area contributed by atoms with Gasteiger partial charge < -0.3 is 10.2 Å². The van der Waals surface area contributed by atoms with E-state index in [1.807, 2.05) is 6.92 Å². The summed E-state index contributed by atoms with van der Waals surface area (Å²) in [6, 6.07) is 4.47. The number of hydrogen-bond acceptors (Lipinski definition) is 2. The van der Waals surface area contributed by atoms with E-state index < -0.39 is 0 Å². The first-order chi connectivity index (χ1) is 8.49. The van der Waals surface area contributed by atoms with E-state index in [4.69, 9.17) is 10.2 Å². The summed E-state index contributed by atoms with van der Waals surface area (Å²) in [5.41, 5.74) is 7.83. The Balaban J connectivity index is 2.30. The molecule has 0 radical (unpaired) electrons. The first-order valence-electron chi connectivity index (χ1n) is 6.43. The molecule has 98 valence electrons. The molecule has 0 spiro atoms. The van der Waals surface area contributed by atoms with Crippen LogP contribution in [-0.2, 0) is 0 Å². The Morgan fingerprint density at radius 2 is 2.00 bits per heavy atom. The Hall–Kier alpha value is -1.35. The van der Waals surface area contributed by atoms with Crippen molar-refractivity contribution in [2.75, 3.05) is 0 Å². The van der Waals surface area contributed by atoms with Crippen LogP contribution < -0.4 is 5.73 Å². The Kier molecular flexibility index (Phi) is 3.71. The van der Waals surface area contributed by atoms with Gasteiger partial charge in [-0.3, -0.25) is 0 Å². The van der Waals surface area contributed by atoms with Crippen molar-refractivity contribution in [3.8, 4) is 0 Å². The third kappa shape index (κ3) is 2.56. The lowest BCUT2D eigenvalue weighted by Gasteiger charge is -2.11. The zero-order valence-electron chi connectivity index (χ0n) is 11.2. The van der Waals surface area contributed by atoms with E-state index >= 15 is 0 Å². The van der Waals surface area contributed by atoms with Gasteiger partial charge in [0.05, 0.1) is 6.04 Å². The van der Waals surface area contributed by atoms with Gasteiger partial charge in [-0.25, -0.2) is 4.39 Å². The summed E-state index contributed by atoms with van der Waals surface area (Å²) in [4.78, 5) is 0. The molecule has 1 aromatic carbocycles. The van der Waals surface area contributed by atoms with Crippen LogP contribution in [0.5, 0.6) is 0 Å². The summed E-state index contributed by atoms with van der Waals surface area (Å²) < 4.78 is 19.0. The molecular weight excluding hydrogens is 229 g/mol. The molecule has 0 saturated heterocycles. The highest BCUT2D eigenvalue weighted by Crippen LogP contribution is 2.31. The lowest BCUT2D eigenvalue weighted by atomic mass is 10.00. The van der Waals surface area contributed by atoms with Crippen LogP contribution in [0.2, 0.25) is 0 Å². The third-order valence-corrected chi connectivity index (χ3v) is 3.33. The second-order valence-corrected chi connectivity index (χ2v) is 5.31. The standard InChI is InChI=1S/C15H20FNO/c1-9(2)4-6-13(17)15-10(3)12-8-11(16)5-7-14(12)18-15/h5,7-9,13H,4,6,17H2,1-3H3. The minimum atomic E-state index is -0.242. The van der Waals surface area contributed by atoms with Gasteiger partial charge in [0.1, 0.15) is 17.2 Å². The summed E-state index contributed by atoms with van der Waals surface area (Å²) in [5, 5.41) is 0.824. The molecule has 0 aliphatic rings. The molecule has 1 atom stereocenters. The van der Waals surface area contributed by atoms with Crippen LogP contribution in [0, 0.1) is 18.7 Å². The predicted molar refractivity (Wildman–Crippen MR) is 71.9 cm³/mol. The Morgan fingerprint density at radius 1 is 1.28 bits per heavy atom. The van der Waals surface area contributed by atoms with Gasteiger partial charge in [-0.15, -0.1) is 0 Å². The van der Waals surface area contributed by atoms with Crippen LogP contribution in [0.3, 0.4) is 0 Å². The number of furan rings is 1. The lowest BCUT2D eigenvalue weighted by molar-refractivity contribution is 0.437. The molecule has 0 aliphatic heterocycles. The molecule has 18 heavy (non-hydrogen) atoms. The van der Waals surface area contributed by atoms with E-state index in [0.29, 0.717) is 11.5 Å². The second-order valence-electron chi connectivity index (χ2n) is 5.31. The zero-order chi connectivity index (χ0) is 13.3. The maximum absolute atomic E-state index is 13.2. The van der Waals surface area contributed by atoms with E-state index in [1.165, 1.54) is 12.1 Å². The fourth-order valence-corrected chi connectivity index (χ4v) is 2.21. The van der Waals surface area contributed by atoms with Gasteiger partial charge in [-0.2, -0.15) is 0 Å². The monoisotopic (exact) mass is 249 g/mol. The van der Waals surface area contributed by atoms with Crippen LogP contribution in [-0.4, -0.2) is 0 Å². The summed E-state index contributed by atoms with van der Waals surface area (Å²) >= 11 is 0. The summed E-state index contributed by atoms with van der Waals surface area (Å²) in [7, 11) is 0. The van der Waals surface area contributed by atoms with Crippen molar-refractivity contribution in [3.05, 3.63) is 35.3 Å². The van der Waals surface area contributed by atoms with E-state index in [1.54, 1.807) is 6.07 Å². The molecule has 0 amide bonds. The molecule has 2 N–H and O–H groups in total. The molecule has 1 unspecified atom stereocenters. The van der Waals surface area contributed by atoms with Crippen molar-refractivity contribution in [2.45, 2.75) is 39.7 Å². The third-order valence-electron chi connectivity index (χ3n) is 3.33. The SMILES string of the molecule is Cc1c(C(N)CCC(C)C)oc2ccc(F)cc12. The first kappa shape index (κ1) is 13.1. The van der Waals surface area contributed by atoms with Gasteiger partial charge in [0.25, 0.3) is 0 Å². The van der Waals surface area contributed by atoms with E-state index in [9.17, 15) is 4.39 Å². The van der Waals surface area contributed by atoms with Gasteiger partial charge in [-0.1, -0.05) is 13.8 Å². The van der Waals surface area contributed by atoms with Gasteiger partial charge >= 0.3 is 0 Å². The number of halogens is 1. The Morgan fingerprint density at radius 3 is 2.67 bits per heavy atom. The maximum Gasteiger partial charge on any atom is 0.134 e. The molecule has 2 aromatic rings. The molecule has 0 fully saturated rings. The molecule has 1 heterocycles. The topological polar surface area (TPSA) is 39.2 Å². The highest BCUT2D eigenvalue weighted by Gasteiger charge is 2.17. The van der Waals surface area contributed by atoms with Gasteiger partial charge in [0.2, 0.25) is 0 Å². The van der Waals surface area contributed by atoms with E-state index in [2.05, 4.69) is 13.8 Å². The molecule has 0 bridgehead atoms. The normalized spacial score (nSPS) is 13.4. The predicted octanol–water partition coefficient (Wildman–Crippen LogP) is 4.32. The van der Waals surface area contributed by atoms with Crippen LogP contribution in [0.1, 0.15) is 44.1 Å². The van der Waals surface area contributed by atoms with Crippen molar-refractivity contribution in [2.24, 2.45) is 11.7 Å². The summed E-state index contributed by atoms with van der Waals surface area (Å²) in [6.45, 7) is 6.29. The number of hydrogen-bond donors (Lipinski definition) is 1. The van der Waals surface area contributed by atoms with Crippen molar-refractivity contribution in [1.29, 1.82) is 0 Å². The Labute approximate surface area is 107 Å². The second kappa shape index (κ2) is 5.11. The van der Waals surface area contributed by atoms with Crippen LogP contribution in [0.4, 0.5) is 4.39 Å². The number of benzene rings is 1. The van der Waals surface area contributed by atoms with Crippen molar-refractivity contribution in [1.82, 2.24) is 0 Å². The first-order valence-corrected chi connectivity index (χ1v) is 6.43. The van der Waals surface area contributed by atoms with Crippen LogP contribution >= 0.6 is 0 Å². The average molecular weight is 249 g/mol. The molecular formula is C15H20FNO. The fourth-order valence-electron chi connectivity index (χ4n) is 2.21. The molecule has 3 heteroatoms. The summed E-state index contributed by atoms with van der Waals surface area (Å²) in [6.07, 6.45) is 1.95. The number of fused-ring (bicyclic) bond motifs is 1. The maximum atomic E-state index is 13.2. The number of nitrogens with two attached hydrogens (primary N) is 1. The molecule has 2 nitrogen and oxygen atoms in total. The van der Waals surface area contributed by atoms with Crippen LogP contribution in [0.25, 0.3) is 11.0 Å². The fraction of sp³-hybridized carbons (Fsp3) is 0.467. The van der Waals surface area contributed by atoms with Crippen LogP contribution in [0.15, 0.2) is 22.6 Å². The smallest absolute Gasteiger partial charge is 0.134 e. The minimum Gasteiger partial charge on any atom is -0.459 e. The van der Waals surface area contributed by atoms with Gasteiger partial charge in [-0.05, 0) is 43.9 Å². The number of aryl methyl sites for hydroxylation is 1. The average Bonchev–Trinajstić information content (AvgIpc) is 2.64. The lowest BCUT2D eigenvalue weighted by Crippen LogP contribution is -2.11. The quantitative estimate of drug-likeness (QED) is 0.876. The number of rotatable bonds is 4. The van der Waals surface area contributed by atoms with Crippen molar-refractivity contribution >= 4 is 11.0 Å². The van der Waals surface area contributed by atoms with Gasteiger partial charge in [0.15, 0.2) is 0 Å². The van der Waals surface area contributed by atoms with Gasteiger partial charge in [0, 0.05) is 10.9 Å². The van der Waals surface area contributed by atoms with Crippen molar-refractivity contribution < 1.29 is 8.81 Å². The molecule has 2 rings (SSSR count). The minimum absolute atomic E-state index is 0.108. The molecule has 1 aromatic heterocycles. The van der Waals surface area contributed by atoms with E-state index in [0.717, 1.165) is 29.6 Å². The highest BCUT2D eigenvalue weighted by atomic mass is 19.1. The largest absolute Gasteiger partial charge is 0.459 e. The van der Waals surface area contributed by atoms with Crippen molar-refractivity contribution in [3.63, 3.8) is 0 Å². The summed E-state index contributed by atoms with van der Waals surface area (Å²) in [5.74, 6) is 1.17. The Bertz CT molecular complexity index is 545.